The van der Waals surface area contributed by atoms with Gasteiger partial charge in [-0.1, -0.05) is 32.4 Å². The van der Waals surface area contributed by atoms with Crippen LogP contribution >= 0.6 is 11.6 Å². The van der Waals surface area contributed by atoms with E-state index in [2.05, 4.69) is 43.1 Å². The predicted octanol–water partition coefficient (Wildman–Crippen LogP) is 3.06. The Labute approximate surface area is 109 Å². The van der Waals surface area contributed by atoms with Crippen LogP contribution in [-0.2, 0) is 5.41 Å². The van der Waals surface area contributed by atoms with Crippen molar-refractivity contribution in [1.29, 1.82) is 0 Å². The first-order valence-electron chi connectivity index (χ1n) is 6.17. The third kappa shape index (κ3) is 2.93. The Morgan fingerprint density at radius 3 is 2.41 bits per heavy atom. The van der Waals surface area contributed by atoms with Gasteiger partial charge >= 0.3 is 0 Å². The van der Waals surface area contributed by atoms with Gasteiger partial charge < -0.3 is 4.90 Å². The molecule has 0 spiro atoms. The lowest BCUT2D eigenvalue weighted by molar-refractivity contribution is 0.558. The second kappa shape index (κ2) is 4.87. The lowest BCUT2D eigenvalue weighted by Crippen LogP contribution is -2.41. The summed E-state index contributed by atoms with van der Waals surface area (Å²) in [5.74, 6) is 0. The minimum atomic E-state index is 0.120. The summed E-state index contributed by atoms with van der Waals surface area (Å²) in [7, 11) is 0. The molecule has 1 aromatic carbocycles. The van der Waals surface area contributed by atoms with Gasteiger partial charge in [0.1, 0.15) is 0 Å². The van der Waals surface area contributed by atoms with E-state index in [0.29, 0.717) is 0 Å². The van der Waals surface area contributed by atoms with Crippen LogP contribution in [-0.4, -0.2) is 26.2 Å². The third-order valence-electron chi connectivity index (χ3n) is 3.16. The smallest absolute Gasteiger partial charge is 0.0410 e. The molecular weight excluding hydrogens is 232 g/mol. The molecule has 0 unspecified atom stereocenters. The van der Waals surface area contributed by atoms with Crippen LogP contribution in [0.15, 0.2) is 18.2 Å². The number of anilines is 1. The fourth-order valence-corrected chi connectivity index (χ4v) is 2.40. The number of hydrogen-bond acceptors (Lipinski definition) is 1. The zero-order valence-corrected chi connectivity index (χ0v) is 11.6. The highest BCUT2D eigenvalue weighted by Crippen LogP contribution is 2.34. The second-order valence-electron chi connectivity index (χ2n) is 5.57. The van der Waals surface area contributed by atoms with Gasteiger partial charge in [0.25, 0.3) is 0 Å². The van der Waals surface area contributed by atoms with Crippen molar-refractivity contribution in [3.8, 4) is 0 Å². The van der Waals surface area contributed by atoms with Crippen LogP contribution in [0, 0.1) is 0 Å². The van der Waals surface area contributed by atoms with Crippen LogP contribution in [0.3, 0.4) is 0 Å². The normalized spacial score (nSPS) is 17.3. The van der Waals surface area contributed by atoms with Crippen LogP contribution in [0.2, 0.25) is 5.02 Å². The summed E-state index contributed by atoms with van der Waals surface area (Å²) in [5, 5.41) is 5.21. The SMILES string of the molecule is CC(C)(C)c1cc(Cl)ccc1N1CC[N]CC1. The van der Waals surface area contributed by atoms with E-state index in [0.717, 1.165) is 31.2 Å². The van der Waals surface area contributed by atoms with Gasteiger partial charge in [0.15, 0.2) is 0 Å². The molecule has 3 heteroatoms. The summed E-state index contributed by atoms with van der Waals surface area (Å²) in [6, 6.07) is 6.23. The fourth-order valence-electron chi connectivity index (χ4n) is 2.23. The molecule has 0 bridgehead atoms. The molecule has 0 saturated carbocycles. The standard InChI is InChI=1S/C14H20ClN2/c1-14(2,3)12-10-11(15)4-5-13(12)17-8-6-16-7-9-17/h4-5,10H,6-9H2,1-3H3. The number of benzene rings is 1. The van der Waals surface area contributed by atoms with Gasteiger partial charge in [-0.2, -0.15) is 0 Å². The Bertz CT molecular complexity index is 390. The van der Waals surface area contributed by atoms with E-state index in [1.54, 1.807) is 0 Å². The molecule has 2 rings (SSSR count). The van der Waals surface area contributed by atoms with E-state index >= 15 is 0 Å². The van der Waals surface area contributed by atoms with Crippen LogP contribution in [0.1, 0.15) is 26.3 Å². The minimum absolute atomic E-state index is 0.120. The number of rotatable bonds is 1. The Kier molecular flexibility index (Phi) is 3.64. The fraction of sp³-hybridized carbons (Fsp3) is 0.571. The Morgan fingerprint density at radius 1 is 1.18 bits per heavy atom. The van der Waals surface area contributed by atoms with Crippen LogP contribution < -0.4 is 10.2 Å². The molecule has 1 aromatic rings. The zero-order chi connectivity index (χ0) is 12.5. The third-order valence-corrected chi connectivity index (χ3v) is 3.40. The summed E-state index contributed by atoms with van der Waals surface area (Å²) in [4.78, 5) is 2.42. The van der Waals surface area contributed by atoms with Crippen molar-refractivity contribution < 1.29 is 0 Å². The van der Waals surface area contributed by atoms with Gasteiger partial charge in [0, 0.05) is 36.9 Å². The number of nitrogens with zero attached hydrogens (tertiary/aromatic N) is 2. The van der Waals surface area contributed by atoms with Gasteiger partial charge in [0.05, 0.1) is 0 Å². The molecule has 1 fully saturated rings. The topological polar surface area (TPSA) is 17.3 Å². The second-order valence-corrected chi connectivity index (χ2v) is 6.01. The van der Waals surface area contributed by atoms with E-state index < -0.39 is 0 Å². The Balaban J connectivity index is 2.38. The summed E-state index contributed by atoms with van der Waals surface area (Å²) in [5.41, 5.74) is 2.76. The summed E-state index contributed by atoms with van der Waals surface area (Å²) in [6.07, 6.45) is 0. The van der Waals surface area contributed by atoms with Crippen LogP contribution in [0.5, 0.6) is 0 Å². The van der Waals surface area contributed by atoms with Crippen molar-refractivity contribution in [3.63, 3.8) is 0 Å². The summed E-state index contributed by atoms with van der Waals surface area (Å²) < 4.78 is 0. The molecule has 1 aliphatic rings. The molecule has 93 valence electrons. The van der Waals surface area contributed by atoms with Crippen molar-refractivity contribution in [2.24, 2.45) is 0 Å². The van der Waals surface area contributed by atoms with Crippen LogP contribution in [0.4, 0.5) is 5.69 Å². The summed E-state index contributed by atoms with van der Waals surface area (Å²) >= 11 is 6.12. The number of halogens is 1. The molecule has 0 N–H and O–H groups in total. The molecule has 1 aliphatic heterocycles. The van der Waals surface area contributed by atoms with Crippen LogP contribution in [0.25, 0.3) is 0 Å². The molecule has 1 radical (unpaired) electrons. The lowest BCUT2D eigenvalue weighted by atomic mass is 9.85. The molecule has 0 aromatic heterocycles. The highest BCUT2D eigenvalue weighted by molar-refractivity contribution is 6.30. The number of piperazine rings is 1. The molecule has 0 aliphatic carbocycles. The van der Waals surface area contributed by atoms with E-state index in [1.165, 1.54) is 11.3 Å². The van der Waals surface area contributed by atoms with Crippen molar-refractivity contribution in [2.75, 3.05) is 31.1 Å². The first-order valence-corrected chi connectivity index (χ1v) is 6.54. The summed E-state index contributed by atoms with van der Waals surface area (Å²) in [6.45, 7) is 10.6. The number of hydrogen-bond donors (Lipinski definition) is 0. The highest BCUT2D eigenvalue weighted by Gasteiger charge is 2.22. The van der Waals surface area contributed by atoms with E-state index in [-0.39, 0.29) is 5.41 Å². The van der Waals surface area contributed by atoms with Gasteiger partial charge in [-0.15, -0.1) is 0 Å². The first kappa shape index (κ1) is 12.7. The lowest BCUT2D eigenvalue weighted by Gasteiger charge is -2.34. The highest BCUT2D eigenvalue weighted by atomic mass is 35.5. The van der Waals surface area contributed by atoms with Gasteiger partial charge in [-0.05, 0) is 29.2 Å². The predicted molar refractivity (Wildman–Crippen MR) is 74.2 cm³/mol. The first-order chi connectivity index (χ1) is 7.98. The van der Waals surface area contributed by atoms with Gasteiger partial charge in [0.2, 0.25) is 0 Å². The van der Waals surface area contributed by atoms with Crippen molar-refractivity contribution in [3.05, 3.63) is 28.8 Å². The van der Waals surface area contributed by atoms with Crippen molar-refractivity contribution in [1.82, 2.24) is 5.32 Å². The quantitative estimate of drug-likeness (QED) is 0.750. The monoisotopic (exact) mass is 251 g/mol. The van der Waals surface area contributed by atoms with E-state index in [1.807, 2.05) is 6.07 Å². The molecule has 17 heavy (non-hydrogen) atoms. The van der Waals surface area contributed by atoms with E-state index in [9.17, 15) is 0 Å². The minimum Gasteiger partial charge on any atom is -0.369 e. The maximum Gasteiger partial charge on any atom is 0.0410 e. The van der Waals surface area contributed by atoms with Crippen molar-refractivity contribution in [2.45, 2.75) is 26.2 Å². The largest absolute Gasteiger partial charge is 0.369 e. The molecular formula is C14H20ClN2. The molecule has 2 nitrogen and oxygen atoms in total. The maximum atomic E-state index is 6.12. The Hall–Kier alpha value is -0.730. The van der Waals surface area contributed by atoms with E-state index in [4.69, 9.17) is 11.6 Å². The average Bonchev–Trinajstić information content (AvgIpc) is 2.29. The Morgan fingerprint density at radius 2 is 1.82 bits per heavy atom. The maximum absolute atomic E-state index is 6.12. The molecule has 0 amide bonds. The van der Waals surface area contributed by atoms with Gasteiger partial charge in [-0.3, -0.25) is 0 Å². The average molecular weight is 252 g/mol. The van der Waals surface area contributed by atoms with Gasteiger partial charge in [-0.25, -0.2) is 5.32 Å². The molecule has 1 heterocycles. The molecule has 1 saturated heterocycles. The molecule has 0 atom stereocenters. The zero-order valence-electron chi connectivity index (χ0n) is 10.8. The van der Waals surface area contributed by atoms with Crippen molar-refractivity contribution >= 4 is 17.3 Å².